The van der Waals surface area contributed by atoms with Gasteiger partial charge in [0.05, 0.1) is 11.8 Å². The maximum Gasteiger partial charge on any atom is 0.307 e. The molecule has 4 heteroatoms. The lowest BCUT2D eigenvalue weighted by atomic mass is 10.3. The van der Waals surface area contributed by atoms with E-state index in [-0.39, 0.29) is 11.8 Å². The van der Waals surface area contributed by atoms with Crippen molar-refractivity contribution in [2.45, 2.75) is 19.8 Å². The van der Waals surface area contributed by atoms with Gasteiger partial charge in [-0.05, 0) is 12.8 Å². The lowest BCUT2D eigenvalue weighted by molar-refractivity contribution is -0.140. The van der Waals surface area contributed by atoms with Gasteiger partial charge >= 0.3 is 5.97 Å². The second-order valence-corrected chi connectivity index (χ2v) is 3.08. The number of nitrogens with one attached hydrogen (secondary N) is 1. The van der Waals surface area contributed by atoms with E-state index in [4.69, 9.17) is 5.11 Å². The van der Waals surface area contributed by atoms with Crippen molar-refractivity contribution in [3.63, 3.8) is 0 Å². The van der Waals surface area contributed by atoms with Crippen molar-refractivity contribution in [3.05, 3.63) is 0 Å². The Morgan fingerprint density at radius 3 is 2.58 bits per heavy atom. The van der Waals surface area contributed by atoms with Crippen LogP contribution in [0.5, 0.6) is 0 Å². The minimum absolute atomic E-state index is 0.107. The number of amides is 1. The average molecular weight is 171 g/mol. The van der Waals surface area contributed by atoms with Gasteiger partial charge in [0.1, 0.15) is 0 Å². The van der Waals surface area contributed by atoms with E-state index in [2.05, 4.69) is 5.32 Å². The molecule has 0 aromatic carbocycles. The molecule has 0 saturated heterocycles. The molecule has 0 spiro atoms. The number of carbonyl (C=O) groups excluding carboxylic acids is 1. The van der Waals surface area contributed by atoms with Crippen molar-refractivity contribution in [2.24, 2.45) is 11.8 Å². The molecule has 2 N–H and O–H groups in total. The average Bonchev–Trinajstić information content (AvgIpc) is 2.78. The summed E-state index contributed by atoms with van der Waals surface area (Å²) in [5, 5.41) is 11.2. The van der Waals surface area contributed by atoms with Crippen molar-refractivity contribution >= 4 is 11.9 Å². The maximum absolute atomic E-state index is 11.1. The molecule has 12 heavy (non-hydrogen) atoms. The van der Waals surface area contributed by atoms with Crippen molar-refractivity contribution < 1.29 is 14.7 Å². The van der Waals surface area contributed by atoms with E-state index in [0.29, 0.717) is 13.0 Å². The molecule has 0 bridgehead atoms. The van der Waals surface area contributed by atoms with E-state index in [1.165, 1.54) is 0 Å². The van der Waals surface area contributed by atoms with E-state index >= 15 is 0 Å². The highest BCUT2D eigenvalue weighted by molar-refractivity contribution is 5.89. The van der Waals surface area contributed by atoms with Crippen LogP contribution in [-0.2, 0) is 9.59 Å². The monoisotopic (exact) mass is 171 g/mol. The van der Waals surface area contributed by atoms with Crippen molar-refractivity contribution in [1.29, 1.82) is 0 Å². The molecule has 0 aliphatic heterocycles. The van der Waals surface area contributed by atoms with Crippen LogP contribution >= 0.6 is 0 Å². The summed E-state index contributed by atoms with van der Waals surface area (Å²) in [6, 6.07) is 0. The van der Waals surface area contributed by atoms with Crippen molar-refractivity contribution in [2.75, 3.05) is 6.54 Å². The largest absolute Gasteiger partial charge is 0.481 e. The Hall–Kier alpha value is -1.06. The van der Waals surface area contributed by atoms with E-state index in [1.807, 2.05) is 6.92 Å². The van der Waals surface area contributed by atoms with Crippen LogP contribution in [0.1, 0.15) is 19.8 Å². The van der Waals surface area contributed by atoms with E-state index in [0.717, 1.165) is 6.42 Å². The normalized spacial score (nSPS) is 26.4. The van der Waals surface area contributed by atoms with Crippen LogP contribution in [0.25, 0.3) is 0 Å². The molecule has 0 aromatic heterocycles. The lowest BCUT2D eigenvalue weighted by Gasteiger charge is -2.00. The molecule has 0 unspecified atom stereocenters. The number of hydrogen-bond acceptors (Lipinski definition) is 2. The van der Waals surface area contributed by atoms with Crippen LogP contribution in [-0.4, -0.2) is 23.5 Å². The summed E-state index contributed by atoms with van der Waals surface area (Å²) in [6.45, 7) is 2.60. The Labute approximate surface area is 71.0 Å². The van der Waals surface area contributed by atoms with Gasteiger partial charge in [-0.1, -0.05) is 6.92 Å². The van der Waals surface area contributed by atoms with Gasteiger partial charge < -0.3 is 10.4 Å². The predicted octanol–water partition coefficient (Wildman–Crippen LogP) is 0.233. The van der Waals surface area contributed by atoms with E-state index in [1.54, 1.807) is 0 Å². The highest BCUT2D eigenvalue weighted by atomic mass is 16.4. The van der Waals surface area contributed by atoms with Gasteiger partial charge in [-0.15, -0.1) is 0 Å². The highest BCUT2D eigenvalue weighted by Gasteiger charge is 2.48. The van der Waals surface area contributed by atoms with Gasteiger partial charge in [0, 0.05) is 6.54 Å². The summed E-state index contributed by atoms with van der Waals surface area (Å²) >= 11 is 0. The van der Waals surface area contributed by atoms with Crippen LogP contribution in [0.4, 0.5) is 0 Å². The van der Waals surface area contributed by atoms with Crippen molar-refractivity contribution in [1.82, 2.24) is 5.32 Å². The minimum atomic E-state index is -0.855. The van der Waals surface area contributed by atoms with E-state index in [9.17, 15) is 9.59 Å². The fourth-order valence-electron chi connectivity index (χ4n) is 1.14. The summed E-state index contributed by atoms with van der Waals surface area (Å²) < 4.78 is 0. The van der Waals surface area contributed by atoms with Crippen LogP contribution < -0.4 is 5.32 Å². The highest BCUT2D eigenvalue weighted by Crippen LogP contribution is 2.38. The number of aliphatic carboxylic acids is 1. The molecule has 1 aliphatic carbocycles. The van der Waals surface area contributed by atoms with E-state index < -0.39 is 11.9 Å². The lowest BCUT2D eigenvalue weighted by Crippen LogP contribution is -2.26. The summed E-state index contributed by atoms with van der Waals surface area (Å²) in [5.74, 6) is -1.66. The third-order valence-electron chi connectivity index (χ3n) is 1.99. The SMILES string of the molecule is CCCNC(=O)[C@H]1C[C@H]1C(=O)O. The molecule has 1 amide bonds. The van der Waals surface area contributed by atoms with Gasteiger partial charge in [-0.2, -0.15) is 0 Å². The van der Waals surface area contributed by atoms with Crippen molar-refractivity contribution in [3.8, 4) is 0 Å². The first kappa shape index (κ1) is 9.03. The molecule has 0 heterocycles. The molecule has 1 saturated carbocycles. The predicted molar refractivity (Wildman–Crippen MR) is 42.5 cm³/mol. The minimum Gasteiger partial charge on any atom is -0.481 e. The zero-order valence-electron chi connectivity index (χ0n) is 7.04. The number of carboxylic acids is 1. The summed E-state index contributed by atoms with van der Waals surface area (Å²) in [7, 11) is 0. The summed E-state index contributed by atoms with van der Waals surface area (Å²) in [5.41, 5.74) is 0. The molecule has 1 aliphatic rings. The Kier molecular flexibility index (Phi) is 2.68. The number of carbonyl (C=O) groups is 2. The van der Waals surface area contributed by atoms with Gasteiger partial charge in [-0.3, -0.25) is 9.59 Å². The Balaban J connectivity index is 2.24. The molecule has 1 rings (SSSR count). The fourth-order valence-corrected chi connectivity index (χ4v) is 1.14. The van der Waals surface area contributed by atoms with Crippen LogP contribution in [0.3, 0.4) is 0 Å². The smallest absolute Gasteiger partial charge is 0.307 e. The molecule has 68 valence electrons. The van der Waals surface area contributed by atoms with Crippen LogP contribution in [0.2, 0.25) is 0 Å². The maximum atomic E-state index is 11.1. The summed E-state index contributed by atoms with van der Waals surface area (Å²) in [4.78, 5) is 21.5. The summed E-state index contributed by atoms with van der Waals surface area (Å²) in [6.07, 6.45) is 1.39. The standard InChI is InChI=1S/C8H13NO3/c1-2-3-9-7(10)5-4-6(5)8(11)12/h5-6H,2-4H2,1H3,(H,9,10)(H,11,12)/t5-,6+/m0/s1. The molecule has 0 aromatic rings. The molecular formula is C8H13NO3. The van der Waals surface area contributed by atoms with Crippen LogP contribution in [0, 0.1) is 11.8 Å². The molecular weight excluding hydrogens is 158 g/mol. The number of carboxylic acid groups (broad SMARTS) is 1. The van der Waals surface area contributed by atoms with Gasteiger partial charge in [0.15, 0.2) is 0 Å². The second-order valence-electron chi connectivity index (χ2n) is 3.08. The molecule has 4 nitrogen and oxygen atoms in total. The fraction of sp³-hybridized carbons (Fsp3) is 0.750. The third-order valence-corrected chi connectivity index (χ3v) is 1.99. The van der Waals surface area contributed by atoms with Gasteiger partial charge in [0.2, 0.25) is 5.91 Å². The number of rotatable bonds is 4. The quantitative estimate of drug-likeness (QED) is 0.636. The molecule has 2 atom stereocenters. The second kappa shape index (κ2) is 3.56. The first-order chi connectivity index (χ1) is 5.66. The first-order valence-corrected chi connectivity index (χ1v) is 4.17. The first-order valence-electron chi connectivity index (χ1n) is 4.17. The molecule has 0 radical (unpaired) electrons. The number of hydrogen-bond donors (Lipinski definition) is 2. The molecule has 1 fully saturated rings. The van der Waals surface area contributed by atoms with Crippen LogP contribution in [0.15, 0.2) is 0 Å². The Bertz CT molecular complexity index is 202. The van der Waals surface area contributed by atoms with Gasteiger partial charge in [-0.25, -0.2) is 0 Å². The third kappa shape index (κ3) is 1.96. The Morgan fingerprint density at radius 1 is 1.50 bits per heavy atom. The van der Waals surface area contributed by atoms with Gasteiger partial charge in [0.25, 0.3) is 0 Å². The topological polar surface area (TPSA) is 66.4 Å². The zero-order chi connectivity index (χ0) is 9.14. The zero-order valence-corrected chi connectivity index (χ0v) is 7.04. The Morgan fingerprint density at radius 2 is 2.17 bits per heavy atom.